The van der Waals surface area contributed by atoms with Crippen molar-refractivity contribution >= 4 is 45.3 Å². The van der Waals surface area contributed by atoms with E-state index in [1.54, 1.807) is 0 Å². The van der Waals surface area contributed by atoms with Crippen molar-refractivity contribution in [1.82, 2.24) is 0 Å². The van der Waals surface area contributed by atoms with Gasteiger partial charge in [0.15, 0.2) is 0 Å². The highest BCUT2D eigenvalue weighted by Crippen LogP contribution is 2.43. The first-order valence-corrected chi connectivity index (χ1v) is 27.1. The highest BCUT2D eigenvalue weighted by atomic mass is 127. The highest BCUT2D eigenvalue weighted by molar-refractivity contribution is 14.1. The van der Waals surface area contributed by atoms with Gasteiger partial charge in [-0.2, -0.15) is 0 Å². The second kappa shape index (κ2) is 26.1. The number of halogens is 1. The van der Waals surface area contributed by atoms with Crippen LogP contribution >= 0.6 is 22.6 Å². The first kappa shape index (κ1) is 55.8. The number of hydrogen-bond acceptors (Lipinski definition) is 7. The number of ether oxygens (including phenoxy) is 5. The van der Waals surface area contributed by atoms with Crippen LogP contribution in [0.3, 0.4) is 0 Å². The lowest BCUT2D eigenvalue weighted by atomic mass is 10.1. The third-order valence-electron chi connectivity index (χ3n) is 12.9. The van der Waals surface area contributed by atoms with E-state index < -0.39 is 0 Å². The molecule has 0 heterocycles. The van der Waals surface area contributed by atoms with E-state index in [1.807, 2.05) is 97.9 Å². The molecule has 2 N–H and O–H groups in total. The number of aryl methyl sites for hydroxylation is 10. The highest BCUT2D eigenvalue weighted by Gasteiger charge is 2.19. The fraction of sp³-hybridized carbons (Fsp3) is 0.143. The van der Waals surface area contributed by atoms with Gasteiger partial charge in [-0.1, -0.05) is 119 Å². The Bertz CT molecular complexity index is 3270. The van der Waals surface area contributed by atoms with Crippen molar-refractivity contribution in [2.75, 3.05) is 10.6 Å². The number of rotatable bonds is 13. The Morgan fingerprint density at radius 3 is 0.782 bits per heavy atom. The Labute approximate surface area is 475 Å². The molecule has 0 aromatic heterocycles. The minimum absolute atomic E-state index is 0.715. The van der Waals surface area contributed by atoms with E-state index in [2.05, 4.69) is 211 Å². The molecule has 0 saturated heterocycles. The number of nitrogen functional groups attached to an aromatic ring is 1. The summed E-state index contributed by atoms with van der Waals surface area (Å²) in [6.45, 7) is 20.6. The van der Waals surface area contributed by atoms with Crippen molar-refractivity contribution in [2.45, 2.75) is 69.2 Å². The molecule has 7 nitrogen and oxygen atoms in total. The summed E-state index contributed by atoms with van der Waals surface area (Å²) in [6.07, 6.45) is 0. The Kier molecular flexibility index (Phi) is 18.6. The molecule has 10 rings (SSSR count). The molecule has 0 aliphatic rings. The van der Waals surface area contributed by atoms with Crippen LogP contribution < -0.4 is 34.3 Å². The summed E-state index contributed by atoms with van der Waals surface area (Å²) in [5.74, 6) is 8.21. The number of benzene rings is 10. The summed E-state index contributed by atoms with van der Waals surface area (Å²) in [4.78, 5) is 2.21. The fourth-order valence-electron chi connectivity index (χ4n) is 8.04. The molecule has 8 heteroatoms. The van der Waals surface area contributed by atoms with E-state index in [9.17, 15) is 0 Å². The van der Waals surface area contributed by atoms with Crippen LogP contribution in [0.5, 0.6) is 57.5 Å². The van der Waals surface area contributed by atoms with E-state index in [0.717, 1.165) is 102 Å². The van der Waals surface area contributed by atoms with Gasteiger partial charge in [-0.25, -0.2) is 0 Å². The van der Waals surface area contributed by atoms with Gasteiger partial charge in [0.1, 0.15) is 57.5 Å². The Balaban J connectivity index is 0.000000202. The summed E-state index contributed by atoms with van der Waals surface area (Å²) >= 11 is 2.29. The molecule has 0 aliphatic carbocycles. The number of nitrogens with zero attached hydrogens (tertiary/aromatic N) is 1. The molecule has 0 fully saturated rings. The zero-order valence-corrected chi connectivity index (χ0v) is 48.3. The SMILES string of the molecule is Cc1ccc(Oc2cc(I)ccc2C)cc1.Cc1ccc(Oc2cc(N(c3ccc(C)c(Oc4ccc(C)cc4)c3)c3ccc(C)c(Oc4ccc(C)cc4)c3)ccc2C)cc1.Cc1ccc(Oc2cc(N)ccc2C)cc1. The van der Waals surface area contributed by atoms with Crippen molar-refractivity contribution in [3.8, 4) is 57.5 Å². The van der Waals surface area contributed by atoms with Gasteiger partial charge in [-0.15, -0.1) is 0 Å². The quantitative estimate of drug-likeness (QED) is 0.0910. The lowest BCUT2D eigenvalue weighted by Crippen LogP contribution is -2.11. The average Bonchev–Trinajstić information content (AvgIpc) is 3.43. The van der Waals surface area contributed by atoms with Crippen LogP contribution in [0, 0.1) is 72.8 Å². The van der Waals surface area contributed by atoms with Gasteiger partial charge in [0.2, 0.25) is 0 Å². The van der Waals surface area contributed by atoms with Crippen molar-refractivity contribution in [2.24, 2.45) is 0 Å². The Hall–Kier alpha value is -8.47. The molecule has 0 saturated carbocycles. The molecular weight excluding hydrogens is 1080 g/mol. The number of nitrogens with two attached hydrogens (primary N) is 1. The predicted molar refractivity (Wildman–Crippen MR) is 331 cm³/mol. The molecule has 0 spiro atoms. The zero-order chi connectivity index (χ0) is 55.3. The molecule has 394 valence electrons. The van der Waals surface area contributed by atoms with E-state index in [-0.39, 0.29) is 0 Å². The number of anilines is 4. The van der Waals surface area contributed by atoms with Crippen molar-refractivity contribution < 1.29 is 23.7 Å². The molecule has 78 heavy (non-hydrogen) atoms. The first-order valence-electron chi connectivity index (χ1n) is 26.0. The maximum atomic E-state index is 6.41. The lowest BCUT2D eigenvalue weighted by Gasteiger charge is -2.28. The minimum Gasteiger partial charge on any atom is -0.457 e. The minimum atomic E-state index is 0.715. The molecule has 0 radical (unpaired) electrons. The predicted octanol–water partition coefficient (Wildman–Crippen LogP) is 20.8. The Morgan fingerprint density at radius 2 is 0.500 bits per heavy atom. The largest absolute Gasteiger partial charge is 0.457 e. The molecular formula is C70H67IN2O5. The van der Waals surface area contributed by atoms with Gasteiger partial charge < -0.3 is 34.3 Å². The second-order valence-electron chi connectivity index (χ2n) is 19.7. The summed E-state index contributed by atoms with van der Waals surface area (Å²) in [6, 6.07) is 71.3. The molecule has 0 amide bonds. The molecule has 0 aliphatic heterocycles. The number of hydrogen-bond donors (Lipinski definition) is 1. The average molecular weight is 1140 g/mol. The first-order chi connectivity index (χ1) is 37.5. The maximum Gasteiger partial charge on any atom is 0.132 e. The molecule has 0 atom stereocenters. The standard InChI is InChI=1S/C42H39NO3.C14H13IO.C14H15NO/c1-28-7-19-37(20-8-28)44-40-25-34(16-13-31(40)4)43(35-17-14-32(5)41(26-35)45-38-21-9-29(2)10-22-38)36-18-15-33(6)42(27-36)46-39-23-11-30(3)12-24-39;2*1-10-3-7-13(8-4-10)16-14-9-12(15)6-5-11(14)2/h7-27H,1-6H3;3-9H,1-2H3;3-9H,15H2,1-2H3. The van der Waals surface area contributed by atoms with E-state index in [0.29, 0.717) is 5.69 Å². The third-order valence-corrected chi connectivity index (χ3v) is 13.6. The van der Waals surface area contributed by atoms with Crippen LogP contribution in [0.4, 0.5) is 22.7 Å². The van der Waals surface area contributed by atoms with Crippen LogP contribution in [0.15, 0.2) is 212 Å². The van der Waals surface area contributed by atoms with Gasteiger partial charge in [0.05, 0.1) is 0 Å². The van der Waals surface area contributed by atoms with Crippen molar-refractivity contribution in [1.29, 1.82) is 0 Å². The van der Waals surface area contributed by atoms with Crippen LogP contribution in [0.1, 0.15) is 55.6 Å². The monoisotopic (exact) mass is 1140 g/mol. The van der Waals surface area contributed by atoms with E-state index >= 15 is 0 Å². The van der Waals surface area contributed by atoms with Crippen LogP contribution in [-0.2, 0) is 0 Å². The maximum absolute atomic E-state index is 6.41. The summed E-state index contributed by atoms with van der Waals surface area (Å²) in [5, 5.41) is 0. The van der Waals surface area contributed by atoms with Gasteiger partial charge in [-0.3, -0.25) is 0 Å². The molecule has 10 aromatic rings. The summed E-state index contributed by atoms with van der Waals surface area (Å²) in [7, 11) is 0. The van der Waals surface area contributed by atoms with Crippen molar-refractivity contribution in [3.05, 3.63) is 272 Å². The molecule has 0 bridgehead atoms. The fourth-order valence-corrected chi connectivity index (χ4v) is 8.50. The molecule has 0 unspecified atom stereocenters. The third kappa shape index (κ3) is 15.6. The van der Waals surface area contributed by atoms with Crippen LogP contribution in [0.25, 0.3) is 0 Å². The van der Waals surface area contributed by atoms with Gasteiger partial charge in [0, 0.05) is 50.6 Å². The summed E-state index contributed by atoms with van der Waals surface area (Å²) < 4.78 is 32.0. The van der Waals surface area contributed by atoms with Crippen LogP contribution in [-0.4, -0.2) is 0 Å². The summed E-state index contributed by atoms with van der Waals surface area (Å²) in [5.41, 5.74) is 20.7. The van der Waals surface area contributed by atoms with E-state index in [4.69, 9.17) is 29.4 Å². The Morgan fingerprint density at radius 1 is 0.269 bits per heavy atom. The van der Waals surface area contributed by atoms with E-state index in [1.165, 1.54) is 31.4 Å². The van der Waals surface area contributed by atoms with Gasteiger partial charge in [0.25, 0.3) is 0 Å². The molecule has 10 aromatic carbocycles. The zero-order valence-electron chi connectivity index (χ0n) is 46.2. The van der Waals surface area contributed by atoms with Gasteiger partial charge >= 0.3 is 0 Å². The van der Waals surface area contributed by atoms with Gasteiger partial charge in [-0.05, 0) is 217 Å². The normalized spacial score (nSPS) is 10.6. The topological polar surface area (TPSA) is 75.4 Å². The second-order valence-corrected chi connectivity index (χ2v) is 20.9. The van der Waals surface area contributed by atoms with Crippen molar-refractivity contribution in [3.63, 3.8) is 0 Å². The van der Waals surface area contributed by atoms with Crippen LogP contribution in [0.2, 0.25) is 0 Å². The smallest absolute Gasteiger partial charge is 0.132 e. The lowest BCUT2D eigenvalue weighted by molar-refractivity contribution is 0.478.